The summed E-state index contributed by atoms with van der Waals surface area (Å²) in [5.74, 6) is 0. The van der Waals surface area contributed by atoms with Crippen molar-refractivity contribution in [1.82, 2.24) is 4.72 Å². The zero-order valence-electron chi connectivity index (χ0n) is 6.36. The maximum absolute atomic E-state index is 11.4. The lowest BCUT2D eigenvalue weighted by molar-refractivity contribution is 0.581. The largest absolute Gasteiger partial charge is 0.241 e. The maximum atomic E-state index is 11.4. The summed E-state index contributed by atoms with van der Waals surface area (Å²) in [6.07, 6.45) is 1.95. The van der Waals surface area contributed by atoms with Crippen LogP contribution in [0.3, 0.4) is 0 Å². The fourth-order valence-corrected chi connectivity index (χ4v) is 3.23. The molecule has 3 nitrogen and oxygen atoms in total. The first-order valence-corrected chi connectivity index (χ1v) is 6.15. The van der Waals surface area contributed by atoms with Gasteiger partial charge in [-0.05, 0) is 24.3 Å². The van der Waals surface area contributed by atoms with E-state index in [2.05, 4.69) is 4.72 Å². The highest BCUT2D eigenvalue weighted by atomic mass is 32.2. The maximum Gasteiger partial charge on any atom is 0.241 e. The minimum absolute atomic E-state index is 0.190. The molecule has 1 aromatic heterocycles. The summed E-state index contributed by atoms with van der Waals surface area (Å²) in [5, 5.41) is 3.41. The van der Waals surface area contributed by atoms with Crippen molar-refractivity contribution in [2.45, 2.75) is 23.8 Å². The molecule has 0 aliphatic heterocycles. The van der Waals surface area contributed by atoms with Crippen LogP contribution in [0.5, 0.6) is 0 Å². The van der Waals surface area contributed by atoms with E-state index in [9.17, 15) is 8.42 Å². The average molecular weight is 203 g/mol. The van der Waals surface area contributed by atoms with E-state index in [1.54, 1.807) is 16.8 Å². The van der Waals surface area contributed by atoms with Gasteiger partial charge in [-0.2, -0.15) is 11.3 Å². The van der Waals surface area contributed by atoms with E-state index in [-0.39, 0.29) is 6.04 Å². The molecule has 0 aromatic carbocycles. The van der Waals surface area contributed by atoms with Gasteiger partial charge in [0, 0.05) is 11.4 Å². The smallest absolute Gasteiger partial charge is 0.208 e. The standard InChI is InChI=1S/C7H9NO2S2/c9-12(10,8-6-1-2-6)7-3-4-11-5-7/h3-6,8H,1-2H2. The molecule has 0 unspecified atom stereocenters. The lowest BCUT2D eigenvalue weighted by atomic mass is 10.7. The molecule has 2 rings (SSSR count). The summed E-state index contributed by atoms with van der Waals surface area (Å²) < 4.78 is 25.5. The molecule has 12 heavy (non-hydrogen) atoms. The third kappa shape index (κ3) is 1.68. The molecule has 0 spiro atoms. The number of rotatable bonds is 3. The van der Waals surface area contributed by atoms with Crippen LogP contribution in [0.2, 0.25) is 0 Å². The van der Waals surface area contributed by atoms with Gasteiger partial charge in [0.1, 0.15) is 0 Å². The quantitative estimate of drug-likeness (QED) is 0.802. The Morgan fingerprint density at radius 2 is 2.25 bits per heavy atom. The molecule has 1 fully saturated rings. The Hall–Kier alpha value is -0.390. The summed E-state index contributed by atoms with van der Waals surface area (Å²) in [5.41, 5.74) is 0. The molecular formula is C7H9NO2S2. The van der Waals surface area contributed by atoms with E-state index in [4.69, 9.17) is 0 Å². The van der Waals surface area contributed by atoms with Crippen molar-refractivity contribution < 1.29 is 8.42 Å². The van der Waals surface area contributed by atoms with Gasteiger partial charge >= 0.3 is 0 Å². The van der Waals surface area contributed by atoms with Crippen LogP contribution in [0, 0.1) is 0 Å². The Morgan fingerprint density at radius 3 is 2.75 bits per heavy atom. The predicted molar refractivity (Wildman–Crippen MR) is 47.7 cm³/mol. The molecule has 0 radical (unpaired) electrons. The van der Waals surface area contributed by atoms with Gasteiger partial charge in [0.05, 0.1) is 4.90 Å². The first-order chi connectivity index (χ1) is 5.68. The average Bonchev–Trinajstić information content (AvgIpc) is 2.67. The molecule has 1 aromatic rings. The van der Waals surface area contributed by atoms with Gasteiger partial charge in [-0.25, -0.2) is 13.1 Å². The van der Waals surface area contributed by atoms with Crippen molar-refractivity contribution >= 4 is 21.4 Å². The monoisotopic (exact) mass is 203 g/mol. The van der Waals surface area contributed by atoms with Crippen LogP contribution in [-0.4, -0.2) is 14.5 Å². The minimum atomic E-state index is -3.19. The van der Waals surface area contributed by atoms with Crippen molar-refractivity contribution in [2.24, 2.45) is 0 Å². The van der Waals surface area contributed by atoms with E-state index >= 15 is 0 Å². The predicted octanol–water partition coefficient (Wildman–Crippen LogP) is 1.19. The Labute approximate surface area is 75.5 Å². The molecule has 1 heterocycles. The van der Waals surface area contributed by atoms with E-state index in [0.29, 0.717) is 4.90 Å². The summed E-state index contributed by atoms with van der Waals surface area (Å²) in [7, 11) is -3.19. The normalized spacial score (nSPS) is 18.0. The number of hydrogen-bond acceptors (Lipinski definition) is 3. The van der Waals surface area contributed by atoms with Crippen LogP contribution in [0.4, 0.5) is 0 Å². The minimum Gasteiger partial charge on any atom is -0.208 e. The molecule has 1 aliphatic carbocycles. The van der Waals surface area contributed by atoms with Gasteiger partial charge in [-0.1, -0.05) is 0 Å². The van der Waals surface area contributed by atoms with Crippen molar-refractivity contribution in [1.29, 1.82) is 0 Å². The zero-order valence-corrected chi connectivity index (χ0v) is 7.99. The van der Waals surface area contributed by atoms with E-state index in [1.165, 1.54) is 11.3 Å². The van der Waals surface area contributed by atoms with Crippen LogP contribution in [-0.2, 0) is 10.0 Å². The van der Waals surface area contributed by atoms with Gasteiger partial charge in [0.2, 0.25) is 10.0 Å². The molecule has 0 bridgehead atoms. The van der Waals surface area contributed by atoms with Crippen LogP contribution >= 0.6 is 11.3 Å². The first-order valence-electron chi connectivity index (χ1n) is 3.73. The summed E-state index contributed by atoms with van der Waals surface area (Å²) in [6.45, 7) is 0. The summed E-state index contributed by atoms with van der Waals surface area (Å²) in [4.78, 5) is 0.388. The Balaban J connectivity index is 2.20. The Morgan fingerprint density at radius 1 is 1.50 bits per heavy atom. The lowest BCUT2D eigenvalue weighted by Crippen LogP contribution is -2.25. The highest BCUT2D eigenvalue weighted by Crippen LogP contribution is 2.22. The van der Waals surface area contributed by atoms with E-state index < -0.39 is 10.0 Å². The molecular weight excluding hydrogens is 194 g/mol. The molecule has 1 N–H and O–H groups in total. The van der Waals surface area contributed by atoms with Gasteiger partial charge in [0.25, 0.3) is 0 Å². The molecule has 1 aliphatic rings. The molecule has 66 valence electrons. The topological polar surface area (TPSA) is 46.2 Å². The van der Waals surface area contributed by atoms with Crippen LogP contribution in [0.25, 0.3) is 0 Å². The number of thiophene rings is 1. The third-order valence-corrected chi connectivity index (χ3v) is 4.06. The lowest BCUT2D eigenvalue weighted by Gasteiger charge is -2.00. The fourth-order valence-electron chi connectivity index (χ4n) is 0.894. The van der Waals surface area contributed by atoms with Crippen LogP contribution in [0.15, 0.2) is 21.7 Å². The second kappa shape index (κ2) is 2.83. The molecule has 0 amide bonds. The van der Waals surface area contributed by atoms with Crippen molar-refractivity contribution in [3.05, 3.63) is 16.8 Å². The first kappa shape index (κ1) is 8.22. The highest BCUT2D eigenvalue weighted by Gasteiger charge is 2.27. The summed E-state index contributed by atoms with van der Waals surface area (Å²) in [6, 6.07) is 1.81. The SMILES string of the molecule is O=S(=O)(NC1CC1)c1ccsc1. The van der Waals surface area contributed by atoms with Crippen LogP contribution in [0.1, 0.15) is 12.8 Å². The third-order valence-electron chi connectivity index (χ3n) is 1.70. The summed E-state index contributed by atoms with van der Waals surface area (Å²) >= 11 is 1.39. The van der Waals surface area contributed by atoms with Crippen molar-refractivity contribution in [3.63, 3.8) is 0 Å². The molecule has 5 heteroatoms. The van der Waals surface area contributed by atoms with Crippen molar-refractivity contribution in [3.8, 4) is 0 Å². The second-order valence-electron chi connectivity index (χ2n) is 2.85. The zero-order chi connectivity index (χ0) is 8.60. The van der Waals surface area contributed by atoms with Gasteiger partial charge in [0.15, 0.2) is 0 Å². The second-order valence-corrected chi connectivity index (χ2v) is 5.35. The molecule has 0 saturated heterocycles. The van der Waals surface area contributed by atoms with Gasteiger partial charge < -0.3 is 0 Å². The van der Waals surface area contributed by atoms with E-state index in [1.807, 2.05) is 0 Å². The van der Waals surface area contributed by atoms with Gasteiger partial charge in [-0.15, -0.1) is 0 Å². The highest BCUT2D eigenvalue weighted by molar-refractivity contribution is 7.89. The Kier molecular flexibility index (Phi) is 1.94. The van der Waals surface area contributed by atoms with Crippen LogP contribution < -0.4 is 4.72 Å². The molecule has 1 saturated carbocycles. The number of nitrogens with one attached hydrogen (secondary N) is 1. The number of sulfonamides is 1. The Bertz CT molecular complexity index is 351. The molecule has 0 atom stereocenters. The van der Waals surface area contributed by atoms with Crippen molar-refractivity contribution in [2.75, 3.05) is 0 Å². The van der Waals surface area contributed by atoms with Gasteiger partial charge in [-0.3, -0.25) is 0 Å². The fraction of sp³-hybridized carbons (Fsp3) is 0.429. The van der Waals surface area contributed by atoms with E-state index in [0.717, 1.165) is 12.8 Å². The number of hydrogen-bond donors (Lipinski definition) is 1.